The largest absolute Gasteiger partial charge is 0.397 e. The van der Waals surface area contributed by atoms with Crippen LogP contribution in [-0.2, 0) is 6.54 Å². The van der Waals surface area contributed by atoms with Crippen LogP contribution in [0.2, 0.25) is 0 Å². The minimum atomic E-state index is 0.768. The first-order valence-electron chi connectivity index (χ1n) is 6.24. The Balaban J connectivity index is 1.95. The molecule has 3 aromatic rings. The molecule has 96 valence electrons. The Kier molecular flexibility index (Phi) is 2.83. The number of nitrogens with one attached hydrogen (secondary N) is 1. The van der Waals surface area contributed by atoms with Crippen LogP contribution in [0.15, 0.2) is 48.8 Å². The monoisotopic (exact) mass is 252 g/mol. The van der Waals surface area contributed by atoms with Crippen molar-refractivity contribution in [2.75, 3.05) is 18.1 Å². The fraction of sp³-hybridized carbons (Fsp3) is 0.133. The van der Waals surface area contributed by atoms with E-state index in [-0.39, 0.29) is 0 Å². The van der Waals surface area contributed by atoms with Gasteiger partial charge in [0.2, 0.25) is 0 Å². The zero-order chi connectivity index (χ0) is 13.2. The van der Waals surface area contributed by atoms with Crippen molar-refractivity contribution in [2.45, 2.75) is 6.54 Å². The molecule has 0 aliphatic rings. The van der Waals surface area contributed by atoms with Gasteiger partial charge in [-0.25, -0.2) is 4.98 Å². The highest BCUT2D eigenvalue weighted by molar-refractivity contribution is 5.75. The lowest BCUT2D eigenvalue weighted by Crippen LogP contribution is -2.01. The molecule has 0 aliphatic heterocycles. The van der Waals surface area contributed by atoms with Crippen LogP contribution in [0.4, 0.5) is 11.4 Å². The molecule has 0 saturated heterocycles. The molecule has 0 amide bonds. The van der Waals surface area contributed by atoms with Crippen LogP contribution in [-0.4, -0.2) is 16.6 Å². The Bertz CT molecular complexity index is 715. The van der Waals surface area contributed by atoms with Crippen molar-refractivity contribution >= 4 is 22.4 Å². The van der Waals surface area contributed by atoms with Gasteiger partial charge in [-0.3, -0.25) is 0 Å². The molecular weight excluding hydrogens is 236 g/mol. The van der Waals surface area contributed by atoms with Gasteiger partial charge in [-0.05, 0) is 29.8 Å². The van der Waals surface area contributed by atoms with Gasteiger partial charge in [-0.2, -0.15) is 0 Å². The first-order chi connectivity index (χ1) is 9.28. The number of nitrogens with zero attached hydrogens (tertiary/aromatic N) is 2. The van der Waals surface area contributed by atoms with E-state index in [9.17, 15) is 0 Å². The fourth-order valence-corrected chi connectivity index (χ4v) is 2.27. The molecule has 0 unspecified atom stereocenters. The first kappa shape index (κ1) is 11.6. The van der Waals surface area contributed by atoms with Crippen LogP contribution >= 0.6 is 0 Å². The van der Waals surface area contributed by atoms with Crippen molar-refractivity contribution in [2.24, 2.45) is 0 Å². The first-order valence-corrected chi connectivity index (χ1v) is 6.24. The summed E-state index contributed by atoms with van der Waals surface area (Å²) < 4.78 is 2.13. The van der Waals surface area contributed by atoms with Gasteiger partial charge in [0.25, 0.3) is 0 Å². The van der Waals surface area contributed by atoms with Crippen molar-refractivity contribution in [1.29, 1.82) is 0 Å². The molecule has 0 bridgehead atoms. The molecule has 1 aromatic heterocycles. The van der Waals surface area contributed by atoms with Gasteiger partial charge >= 0.3 is 0 Å². The van der Waals surface area contributed by atoms with Gasteiger partial charge in [-0.1, -0.05) is 18.2 Å². The Morgan fingerprint density at radius 1 is 1.21 bits per heavy atom. The summed E-state index contributed by atoms with van der Waals surface area (Å²) >= 11 is 0. The maximum absolute atomic E-state index is 5.99. The topological polar surface area (TPSA) is 55.9 Å². The summed E-state index contributed by atoms with van der Waals surface area (Å²) in [7, 11) is 1.87. The summed E-state index contributed by atoms with van der Waals surface area (Å²) in [6.45, 7) is 0.773. The van der Waals surface area contributed by atoms with Gasteiger partial charge in [0, 0.05) is 13.6 Å². The van der Waals surface area contributed by atoms with E-state index in [2.05, 4.69) is 27.0 Å². The van der Waals surface area contributed by atoms with Gasteiger partial charge in [0.15, 0.2) is 0 Å². The van der Waals surface area contributed by atoms with Gasteiger partial charge in [-0.15, -0.1) is 0 Å². The summed E-state index contributed by atoms with van der Waals surface area (Å²) in [5.41, 5.74) is 11.0. The standard InChI is InChI=1S/C15H16N4/c1-17-13-7-6-11(8-12(13)16)9-19-10-18-14-4-2-3-5-15(14)19/h2-8,10,17H,9,16H2,1H3. The molecule has 0 radical (unpaired) electrons. The summed E-state index contributed by atoms with van der Waals surface area (Å²) in [6.07, 6.45) is 1.87. The van der Waals surface area contributed by atoms with Crippen LogP contribution in [0.5, 0.6) is 0 Å². The summed E-state index contributed by atoms with van der Waals surface area (Å²) in [4.78, 5) is 4.39. The molecule has 3 N–H and O–H groups in total. The zero-order valence-corrected chi connectivity index (χ0v) is 10.8. The van der Waals surface area contributed by atoms with E-state index < -0.39 is 0 Å². The number of para-hydroxylation sites is 2. The highest BCUT2D eigenvalue weighted by Crippen LogP contribution is 2.21. The predicted octanol–water partition coefficient (Wildman–Crippen LogP) is 2.71. The minimum absolute atomic E-state index is 0.768. The number of nitrogen functional groups attached to an aromatic ring is 1. The van der Waals surface area contributed by atoms with E-state index in [0.29, 0.717) is 0 Å². The van der Waals surface area contributed by atoms with E-state index in [1.54, 1.807) is 0 Å². The Morgan fingerprint density at radius 3 is 2.84 bits per heavy atom. The van der Waals surface area contributed by atoms with Crippen molar-refractivity contribution in [3.05, 3.63) is 54.4 Å². The number of hydrogen-bond acceptors (Lipinski definition) is 3. The minimum Gasteiger partial charge on any atom is -0.397 e. The lowest BCUT2D eigenvalue weighted by molar-refractivity contribution is 0.825. The number of aromatic nitrogens is 2. The number of imidazole rings is 1. The summed E-state index contributed by atoms with van der Waals surface area (Å²) in [6, 6.07) is 14.2. The molecule has 0 aliphatic carbocycles. The molecule has 0 saturated carbocycles. The Labute approximate surface area is 111 Å². The van der Waals surface area contributed by atoms with Crippen molar-refractivity contribution in [3.8, 4) is 0 Å². The highest BCUT2D eigenvalue weighted by Gasteiger charge is 2.04. The van der Waals surface area contributed by atoms with Crippen LogP contribution in [0, 0.1) is 0 Å². The van der Waals surface area contributed by atoms with E-state index in [0.717, 1.165) is 29.0 Å². The van der Waals surface area contributed by atoms with E-state index in [1.807, 2.05) is 43.7 Å². The summed E-state index contributed by atoms with van der Waals surface area (Å²) in [5, 5.41) is 3.07. The predicted molar refractivity (Wildman–Crippen MR) is 79.2 cm³/mol. The fourth-order valence-electron chi connectivity index (χ4n) is 2.27. The van der Waals surface area contributed by atoms with Crippen LogP contribution in [0.25, 0.3) is 11.0 Å². The molecule has 0 spiro atoms. The number of fused-ring (bicyclic) bond motifs is 1. The number of nitrogens with two attached hydrogens (primary N) is 1. The Morgan fingerprint density at radius 2 is 2.05 bits per heavy atom. The van der Waals surface area contributed by atoms with Crippen LogP contribution in [0.3, 0.4) is 0 Å². The van der Waals surface area contributed by atoms with Crippen LogP contribution in [0.1, 0.15) is 5.56 Å². The highest BCUT2D eigenvalue weighted by atomic mass is 15.0. The van der Waals surface area contributed by atoms with Crippen LogP contribution < -0.4 is 11.1 Å². The third-order valence-electron chi connectivity index (χ3n) is 3.27. The quantitative estimate of drug-likeness (QED) is 0.705. The average Bonchev–Trinajstić information content (AvgIpc) is 2.83. The second kappa shape index (κ2) is 4.65. The number of benzene rings is 2. The molecule has 19 heavy (non-hydrogen) atoms. The SMILES string of the molecule is CNc1ccc(Cn2cnc3ccccc32)cc1N. The molecule has 4 heteroatoms. The van der Waals surface area contributed by atoms with E-state index in [1.165, 1.54) is 5.56 Å². The third kappa shape index (κ3) is 2.12. The normalized spacial score (nSPS) is 10.8. The van der Waals surface area contributed by atoms with E-state index >= 15 is 0 Å². The lowest BCUT2D eigenvalue weighted by Gasteiger charge is -2.09. The smallest absolute Gasteiger partial charge is 0.0961 e. The number of rotatable bonds is 3. The maximum Gasteiger partial charge on any atom is 0.0961 e. The summed E-state index contributed by atoms with van der Waals surface area (Å²) in [5.74, 6) is 0. The molecule has 3 rings (SSSR count). The van der Waals surface area contributed by atoms with Crippen molar-refractivity contribution in [1.82, 2.24) is 9.55 Å². The molecule has 2 aromatic carbocycles. The molecule has 1 heterocycles. The molecule has 4 nitrogen and oxygen atoms in total. The third-order valence-corrected chi connectivity index (χ3v) is 3.27. The van der Waals surface area contributed by atoms with E-state index in [4.69, 9.17) is 5.73 Å². The second-order valence-corrected chi connectivity index (χ2v) is 4.53. The maximum atomic E-state index is 5.99. The average molecular weight is 252 g/mol. The second-order valence-electron chi connectivity index (χ2n) is 4.53. The number of anilines is 2. The van der Waals surface area contributed by atoms with Gasteiger partial charge in [0.1, 0.15) is 0 Å². The van der Waals surface area contributed by atoms with Gasteiger partial charge < -0.3 is 15.6 Å². The van der Waals surface area contributed by atoms with Crippen molar-refractivity contribution in [3.63, 3.8) is 0 Å². The zero-order valence-electron chi connectivity index (χ0n) is 10.8. The molecular formula is C15H16N4. The molecule has 0 fully saturated rings. The molecule has 0 atom stereocenters. The lowest BCUT2D eigenvalue weighted by atomic mass is 10.1. The Hall–Kier alpha value is -2.49. The number of hydrogen-bond donors (Lipinski definition) is 2. The van der Waals surface area contributed by atoms with Gasteiger partial charge in [0.05, 0.1) is 28.7 Å². The van der Waals surface area contributed by atoms with Crippen molar-refractivity contribution < 1.29 is 0 Å².